The Bertz CT molecular complexity index is 173. The fourth-order valence-corrected chi connectivity index (χ4v) is 2.41. The summed E-state index contributed by atoms with van der Waals surface area (Å²) in [5, 5.41) is 20.9. The van der Waals surface area contributed by atoms with Crippen LogP contribution in [-0.2, 0) is 0 Å². The first kappa shape index (κ1) is 17.9. The molecule has 0 amide bonds. The van der Waals surface area contributed by atoms with Gasteiger partial charge in [0.15, 0.2) is 6.29 Å². The average molecular weight is 259 g/mol. The molecule has 0 aliphatic rings. The van der Waals surface area contributed by atoms with E-state index in [1.807, 2.05) is 0 Å². The summed E-state index contributed by atoms with van der Waals surface area (Å²) in [6, 6.07) is 0. The molecule has 0 fully saturated rings. The van der Waals surface area contributed by atoms with Crippen LogP contribution in [0.1, 0.15) is 72.1 Å². The van der Waals surface area contributed by atoms with E-state index in [9.17, 15) is 0 Å². The lowest BCUT2D eigenvalue weighted by molar-refractivity contribution is -0.0386. The molecule has 0 aliphatic heterocycles. The summed E-state index contributed by atoms with van der Waals surface area (Å²) < 4.78 is 0. The predicted octanol–water partition coefficient (Wildman–Crippen LogP) is 3.05. The molecule has 0 heterocycles. The van der Waals surface area contributed by atoms with Crippen molar-refractivity contribution in [2.45, 2.75) is 78.4 Å². The van der Waals surface area contributed by atoms with Crippen molar-refractivity contribution in [3.63, 3.8) is 0 Å². The smallest absolute Gasteiger partial charge is 0.164 e. The van der Waals surface area contributed by atoms with E-state index in [1.54, 1.807) is 0 Å². The Morgan fingerprint density at radius 1 is 0.944 bits per heavy atom. The van der Waals surface area contributed by atoms with Crippen LogP contribution in [0.25, 0.3) is 0 Å². The van der Waals surface area contributed by atoms with Crippen LogP contribution in [0.2, 0.25) is 0 Å². The van der Waals surface area contributed by atoms with Crippen molar-refractivity contribution in [3.8, 4) is 0 Å². The van der Waals surface area contributed by atoms with Gasteiger partial charge in [-0.3, -0.25) is 0 Å². The van der Waals surface area contributed by atoms with Crippen LogP contribution in [0.4, 0.5) is 0 Å². The van der Waals surface area contributed by atoms with Gasteiger partial charge in [-0.05, 0) is 18.3 Å². The summed E-state index contributed by atoms with van der Waals surface area (Å²) in [7, 11) is 0. The molecule has 110 valence electrons. The van der Waals surface area contributed by atoms with Crippen LogP contribution in [0.5, 0.6) is 0 Å². The molecule has 0 spiro atoms. The molecule has 3 nitrogen and oxygen atoms in total. The van der Waals surface area contributed by atoms with Gasteiger partial charge in [0.25, 0.3) is 0 Å². The van der Waals surface area contributed by atoms with Gasteiger partial charge in [-0.1, -0.05) is 59.3 Å². The van der Waals surface area contributed by atoms with Crippen LogP contribution in [0.3, 0.4) is 0 Å². The summed E-state index contributed by atoms with van der Waals surface area (Å²) >= 11 is 0. The van der Waals surface area contributed by atoms with E-state index in [4.69, 9.17) is 10.2 Å². The van der Waals surface area contributed by atoms with E-state index < -0.39 is 6.29 Å². The average Bonchev–Trinajstić information content (AvgIpc) is 2.29. The number of rotatable bonds is 12. The minimum Gasteiger partial charge on any atom is -0.367 e. The Morgan fingerprint density at radius 2 is 1.44 bits per heavy atom. The Kier molecular flexibility index (Phi) is 10.7. The topological polar surface area (TPSA) is 52.5 Å². The van der Waals surface area contributed by atoms with Crippen LogP contribution in [0, 0.1) is 5.41 Å². The van der Waals surface area contributed by atoms with Crippen molar-refractivity contribution < 1.29 is 10.2 Å². The number of unbranched alkanes of at least 4 members (excludes halogenated alkanes) is 4. The summed E-state index contributed by atoms with van der Waals surface area (Å²) in [6.07, 6.45) is 8.91. The van der Waals surface area contributed by atoms with Gasteiger partial charge in [0.05, 0.1) is 0 Å². The SMILES string of the molecule is CCCCCC(C)(CCCCC)CNCC(O)O. The molecule has 0 saturated carbocycles. The molecule has 0 rings (SSSR count). The third kappa shape index (κ3) is 9.86. The second-order valence-corrected chi connectivity index (χ2v) is 5.84. The monoisotopic (exact) mass is 259 g/mol. The quantitative estimate of drug-likeness (QED) is 0.373. The van der Waals surface area contributed by atoms with Crippen molar-refractivity contribution >= 4 is 0 Å². The third-order valence-electron chi connectivity index (χ3n) is 3.65. The first-order valence-corrected chi connectivity index (χ1v) is 7.61. The Morgan fingerprint density at radius 3 is 1.83 bits per heavy atom. The fraction of sp³-hybridized carbons (Fsp3) is 1.00. The molecule has 0 saturated heterocycles. The highest BCUT2D eigenvalue weighted by atomic mass is 16.5. The molecule has 0 bridgehead atoms. The molecule has 0 aliphatic carbocycles. The summed E-state index contributed by atoms with van der Waals surface area (Å²) in [5.74, 6) is 0. The van der Waals surface area contributed by atoms with E-state index in [2.05, 4.69) is 26.1 Å². The number of hydrogen-bond donors (Lipinski definition) is 3. The molecular weight excluding hydrogens is 226 g/mol. The lowest BCUT2D eigenvalue weighted by atomic mass is 9.79. The predicted molar refractivity (Wildman–Crippen MR) is 77.5 cm³/mol. The van der Waals surface area contributed by atoms with E-state index in [1.165, 1.54) is 51.4 Å². The van der Waals surface area contributed by atoms with Crippen molar-refractivity contribution in [2.24, 2.45) is 5.41 Å². The van der Waals surface area contributed by atoms with Crippen molar-refractivity contribution in [3.05, 3.63) is 0 Å². The van der Waals surface area contributed by atoms with Gasteiger partial charge in [0, 0.05) is 13.1 Å². The first-order chi connectivity index (χ1) is 8.54. The minimum absolute atomic E-state index is 0.275. The van der Waals surface area contributed by atoms with Crippen LogP contribution < -0.4 is 5.32 Å². The highest BCUT2D eigenvalue weighted by Gasteiger charge is 2.22. The van der Waals surface area contributed by atoms with Gasteiger partial charge < -0.3 is 15.5 Å². The zero-order valence-electron chi connectivity index (χ0n) is 12.5. The van der Waals surface area contributed by atoms with Gasteiger partial charge in [0.2, 0.25) is 0 Å². The summed E-state index contributed by atoms with van der Waals surface area (Å²) in [4.78, 5) is 0. The molecule has 0 aromatic rings. The summed E-state index contributed by atoms with van der Waals surface area (Å²) in [5.41, 5.74) is 0.305. The lowest BCUT2D eigenvalue weighted by Gasteiger charge is -2.30. The number of aliphatic hydroxyl groups excluding tert-OH is 1. The molecule has 0 radical (unpaired) electrons. The standard InChI is InChI=1S/C15H33NO2/c1-4-6-8-10-15(3,11-9-7-5-2)13-16-12-14(17)18/h14,16-18H,4-13H2,1-3H3. The van der Waals surface area contributed by atoms with Crippen molar-refractivity contribution in [1.29, 1.82) is 0 Å². The maximum absolute atomic E-state index is 8.87. The lowest BCUT2D eigenvalue weighted by Crippen LogP contribution is -2.36. The molecule has 3 heteroatoms. The zero-order valence-corrected chi connectivity index (χ0v) is 12.5. The Hall–Kier alpha value is -0.120. The maximum atomic E-state index is 8.87. The van der Waals surface area contributed by atoms with Crippen LogP contribution in [-0.4, -0.2) is 29.6 Å². The zero-order chi connectivity index (χ0) is 13.9. The fourth-order valence-electron chi connectivity index (χ4n) is 2.41. The van der Waals surface area contributed by atoms with E-state index >= 15 is 0 Å². The van der Waals surface area contributed by atoms with Crippen molar-refractivity contribution in [1.82, 2.24) is 5.32 Å². The largest absolute Gasteiger partial charge is 0.367 e. The number of nitrogens with one attached hydrogen (secondary N) is 1. The van der Waals surface area contributed by atoms with E-state index in [0.717, 1.165) is 6.54 Å². The van der Waals surface area contributed by atoms with Gasteiger partial charge >= 0.3 is 0 Å². The Balaban J connectivity index is 4.02. The summed E-state index contributed by atoms with van der Waals surface area (Å²) in [6.45, 7) is 7.95. The molecule has 18 heavy (non-hydrogen) atoms. The normalized spacial score (nSPS) is 12.3. The molecule has 0 atom stereocenters. The molecule has 3 N–H and O–H groups in total. The van der Waals surface area contributed by atoms with E-state index in [-0.39, 0.29) is 6.54 Å². The van der Waals surface area contributed by atoms with Crippen LogP contribution in [0.15, 0.2) is 0 Å². The van der Waals surface area contributed by atoms with E-state index in [0.29, 0.717) is 5.41 Å². The number of hydrogen-bond acceptors (Lipinski definition) is 3. The van der Waals surface area contributed by atoms with Gasteiger partial charge in [-0.25, -0.2) is 0 Å². The number of aliphatic hydroxyl groups is 2. The van der Waals surface area contributed by atoms with Gasteiger partial charge in [-0.15, -0.1) is 0 Å². The second-order valence-electron chi connectivity index (χ2n) is 5.84. The molecule has 0 aromatic carbocycles. The first-order valence-electron chi connectivity index (χ1n) is 7.61. The second kappa shape index (κ2) is 10.8. The maximum Gasteiger partial charge on any atom is 0.164 e. The molecule has 0 unspecified atom stereocenters. The highest BCUT2D eigenvalue weighted by Crippen LogP contribution is 2.30. The molecule has 0 aromatic heterocycles. The van der Waals surface area contributed by atoms with Crippen LogP contribution >= 0.6 is 0 Å². The third-order valence-corrected chi connectivity index (χ3v) is 3.65. The van der Waals surface area contributed by atoms with Gasteiger partial charge in [0.1, 0.15) is 0 Å². The molecular formula is C15H33NO2. The minimum atomic E-state index is -1.24. The van der Waals surface area contributed by atoms with Crippen molar-refractivity contribution in [2.75, 3.05) is 13.1 Å². The van der Waals surface area contributed by atoms with Gasteiger partial charge in [-0.2, -0.15) is 0 Å². The highest BCUT2D eigenvalue weighted by molar-refractivity contribution is 4.77. The Labute approximate surface area is 113 Å².